The summed E-state index contributed by atoms with van der Waals surface area (Å²) >= 11 is 1.19. The van der Waals surface area contributed by atoms with Gasteiger partial charge < -0.3 is 15.2 Å². The van der Waals surface area contributed by atoms with Gasteiger partial charge in [0.1, 0.15) is 12.3 Å². The number of rotatable bonds is 8. The molecule has 1 aromatic rings. The zero-order valence-electron chi connectivity index (χ0n) is 11.8. The topological polar surface area (TPSA) is 75.6 Å². The molecule has 0 unspecified atom stereocenters. The molecule has 0 saturated heterocycles. The molecule has 0 aliphatic rings. The Labute approximate surface area is 126 Å². The van der Waals surface area contributed by atoms with Crippen LogP contribution in [-0.4, -0.2) is 48.7 Å². The predicted molar refractivity (Wildman–Crippen MR) is 77.8 cm³/mol. The van der Waals surface area contributed by atoms with E-state index in [-0.39, 0.29) is 12.2 Å². The zero-order valence-corrected chi connectivity index (χ0v) is 12.7. The fraction of sp³-hybridized carbons (Fsp3) is 0.429. The van der Waals surface area contributed by atoms with Crippen LogP contribution in [0.2, 0.25) is 0 Å². The molecule has 5 nitrogen and oxygen atoms in total. The minimum Gasteiger partial charge on any atom is -0.467 e. The highest BCUT2D eigenvalue weighted by atomic mass is 32.2. The van der Waals surface area contributed by atoms with E-state index in [9.17, 15) is 19.1 Å². The van der Waals surface area contributed by atoms with Crippen LogP contribution in [0.3, 0.4) is 0 Å². The molecule has 1 aromatic carbocycles. The summed E-state index contributed by atoms with van der Waals surface area (Å²) in [5.41, 5.74) is -0.959. The standard InChI is InChI=1S/C14H18FNO4S/c1-10-3-5-11(6-4-10)21-8-14(19,7-15)12(16-9-17)13(18)20-2/h3-6,9,12,19H,7-8H2,1-2H3,(H,16,17)/t12-,14+/m1/s1. The molecule has 0 bridgehead atoms. The number of esters is 1. The van der Waals surface area contributed by atoms with E-state index < -0.39 is 24.3 Å². The summed E-state index contributed by atoms with van der Waals surface area (Å²) in [7, 11) is 1.10. The van der Waals surface area contributed by atoms with Crippen LogP contribution in [0.5, 0.6) is 0 Å². The number of ether oxygens (including phenoxy) is 1. The Hall–Kier alpha value is -1.60. The number of thioether (sulfide) groups is 1. The zero-order chi connectivity index (χ0) is 15.9. The highest BCUT2D eigenvalue weighted by Crippen LogP contribution is 2.26. The molecule has 1 amide bonds. The van der Waals surface area contributed by atoms with Gasteiger partial charge in [0.05, 0.1) is 7.11 Å². The van der Waals surface area contributed by atoms with Crippen molar-refractivity contribution in [2.24, 2.45) is 0 Å². The molecule has 21 heavy (non-hydrogen) atoms. The van der Waals surface area contributed by atoms with Gasteiger partial charge in [0.15, 0.2) is 6.04 Å². The Balaban J connectivity index is 2.83. The molecule has 2 atom stereocenters. The van der Waals surface area contributed by atoms with Crippen LogP contribution in [0.25, 0.3) is 0 Å². The number of aryl methyl sites for hydroxylation is 1. The summed E-state index contributed by atoms with van der Waals surface area (Å²) in [6, 6.07) is 5.98. The average Bonchev–Trinajstić information content (AvgIpc) is 2.51. The smallest absolute Gasteiger partial charge is 0.331 e. The number of halogens is 1. The number of aliphatic hydroxyl groups is 1. The molecule has 0 spiro atoms. The fourth-order valence-electron chi connectivity index (χ4n) is 1.67. The maximum absolute atomic E-state index is 13.3. The lowest BCUT2D eigenvalue weighted by Gasteiger charge is -2.31. The number of alkyl halides is 1. The Morgan fingerprint density at radius 1 is 1.52 bits per heavy atom. The van der Waals surface area contributed by atoms with Gasteiger partial charge in [-0.05, 0) is 19.1 Å². The summed E-state index contributed by atoms with van der Waals surface area (Å²) in [6.45, 7) is 0.750. The second-order valence-electron chi connectivity index (χ2n) is 4.58. The van der Waals surface area contributed by atoms with Crippen molar-refractivity contribution < 1.29 is 23.8 Å². The first-order valence-electron chi connectivity index (χ1n) is 6.22. The van der Waals surface area contributed by atoms with E-state index in [2.05, 4.69) is 10.1 Å². The highest BCUT2D eigenvalue weighted by Gasteiger charge is 2.42. The van der Waals surface area contributed by atoms with Crippen LogP contribution in [0.4, 0.5) is 4.39 Å². The van der Waals surface area contributed by atoms with Crippen LogP contribution in [0, 0.1) is 6.92 Å². The third-order valence-corrected chi connectivity index (χ3v) is 4.20. The van der Waals surface area contributed by atoms with Gasteiger partial charge >= 0.3 is 5.97 Å². The van der Waals surface area contributed by atoms with Crippen LogP contribution < -0.4 is 5.32 Å². The number of carbonyl (C=O) groups excluding carboxylic acids is 2. The average molecular weight is 315 g/mol. The summed E-state index contributed by atoms with van der Waals surface area (Å²) in [4.78, 5) is 23.0. The van der Waals surface area contributed by atoms with E-state index in [0.717, 1.165) is 17.6 Å². The molecule has 0 fully saturated rings. The van der Waals surface area contributed by atoms with Crippen LogP contribution in [0.1, 0.15) is 5.56 Å². The van der Waals surface area contributed by atoms with E-state index in [1.54, 1.807) is 0 Å². The van der Waals surface area contributed by atoms with Crippen molar-refractivity contribution in [3.05, 3.63) is 29.8 Å². The quantitative estimate of drug-likeness (QED) is 0.426. The second-order valence-corrected chi connectivity index (χ2v) is 5.63. The van der Waals surface area contributed by atoms with Gasteiger partial charge in [-0.15, -0.1) is 11.8 Å². The second kappa shape index (κ2) is 7.99. The SMILES string of the molecule is COC(=O)[C@@H](NC=O)[C@](O)(CF)CSc1ccc(C)cc1. The molecule has 0 heterocycles. The molecule has 0 aliphatic heterocycles. The lowest BCUT2D eigenvalue weighted by atomic mass is 9.98. The number of amides is 1. The van der Waals surface area contributed by atoms with Crippen LogP contribution >= 0.6 is 11.8 Å². The predicted octanol–water partition coefficient (Wildman–Crippen LogP) is 1.08. The van der Waals surface area contributed by atoms with Gasteiger partial charge in [0.2, 0.25) is 6.41 Å². The Kier molecular flexibility index (Phi) is 6.64. The van der Waals surface area contributed by atoms with Crippen molar-refractivity contribution in [1.82, 2.24) is 5.32 Å². The maximum Gasteiger partial charge on any atom is 0.331 e. The Bertz CT molecular complexity index is 482. The van der Waals surface area contributed by atoms with Gasteiger partial charge in [-0.25, -0.2) is 9.18 Å². The maximum atomic E-state index is 13.3. The van der Waals surface area contributed by atoms with Crippen LogP contribution in [0.15, 0.2) is 29.2 Å². The monoisotopic (exact) mass is 315 g/mol. The third kappa shape index (κ3) is 4.71. The van der Waals surface area contributed by atoms with Gasteiger partial charge in [-0.2, -0.15) is 0 Å². The first-order chi connectivity index (χ1) is 9.96. The first-order valence-corrected chi connectivity index (χ1v) is 7.20. The van der Waals surface area contributed by atoms with Crippen LogP contribution in [-0.2, 0) is 14.3 Å². The summed E-state index contributed by atoms with van der Waals surface area (Å²) in [5.74, 6) is -1.00. The summed E-state index contributed by atoms with van der Waals surface area (Å²) < 4.78 is 17.7. The third-order valence-electron chi connectivity index (χ3n) is 2.95. The van der Waals surface area contributed by atoms with Crippen molar-refractivity contribution >= 4 is 24.1 Å². The molecule has 116 valence electrons. The molecule has 0 aliphatic carbocycles. The molecular weight excluding hydrogens is 297 g/mol. The van der Waals surface area contributed by atoms with Crippen molar-refractivity contribution in [1.29, 1.82) is 0 Å². The van der Waals surface area contributed by atoms with Crippen molar-refractivity contribution in [3.8, 4) is 0 Å². The fourth-order valence-corrected chi connectivity index (χ4v) is 2.66. The lowest BCUT2D eigenvalue weighted by molar-refractivity contribution is -0.151. The molecule has 1 rings (SSSR count). The number of nitrogens with one attached hydrogen (secondary N) is 1. The lowest BCUT2D eigenvalue weighted by Crippen LogP contribution is -2.58. The van der Waals surface area contributed by atoms with Crippen molar-refractivity contribution in [3.63, 3.8) is 0 Å². The number of hydrogen-bond donors (Lipinski definition) is 2. The molecule has 0 aromatic heterocycles. The summed E-state index contributed by atoms with van der Waals surface area (Å²) in [5, 5.41) is 12.4. The van der Waals surface area contributed by atoms with Crippen molar-refractivity contribution in [2.45, 2.75) is 23.5 Å². The number of carbonyl (C=O) groups is 2. The molecule has 0 radical (unpaired) electrons. The van der Waals surface area contributed by atoms with Crippen molar-refractivity contribution in [2.75, 3.05) is 19.5 Å². The number of hydrogen-bond acceptors (Lipinski definition) is 5. The van der Waals surface area contributed by atoms with Gasteiger partial charge in [0.25, 0.3) is 0 Å². The van der Waals surface area contributed by atoms with E-state index >= 15 is 0 Å². The van der Waals surface area contributed by atoms with E-state index in [4.69, 9.17) is 0 Å². The minimum atomic E-state index is -2.04. The number of methoxy groups -OCH3 is 1. The highest BCUT2D eigenvalue weighted by molar-refractivity contribution is 7.99. The van der Waals surface area contributed by atoms with Gasteiger partial charge in [-0.3, -0.25) is 4.79 Å². The van der Waals surface area contributed by atoms with E-state index in [0.29, 0.717) is 0 Å². The first kappa shape index (κ1) is 17.5. The Morgan fingerprint density at radius 2 is 2.14 bits per heavy atom. The molecule has 0 saturated carbocycles. The molecule has 2 N–H and O–H groups in total. The Morgan fingerprint density at radius 3 is 2.62 bits per heavy atom. The summed E-state index contributed by atoms with van der Waals surface area (Å²) in [6.07, 6.45) is 0.235. The molecular formula is C14H18FNO4S. The molecule has 7 heteroatoms. The minimum absolute atomic E-state index is 0.104. The van der Waals surface area contributed by atoms with E-state index in [1.807, 2.05) is 31.2 Å². The van der Waals surface area contributed by atoms with Gasteiger partial charge in [0, 0.05) is 10.6 Å². The van der Waals surface area contributed by atoms with E-state index in [1.165, 1.54) is 11.8 Å². The normalized spacial score (nSPS) is 14.9. The van der Waals surface area contributed by atoms with Gasteiger partial charge in [-0.1, -0.05) is 17.7 Å². The largest absolute Gasteiger partial charge is 0.467 e. The number of benzene rings is 1.